The van der Waals surface area contributed by atoms with Gasteiger partial charge in [-0.1, -0.05) is 54.6 Å². The third kappa shape index (κ3) is 5.75. The Morgan fingerprint density at radius 2 is 1.69 bits per heavy atom. The van der Waals surface area contributed by atoms with E-state index in [0.29, 0.717) is 19.5 Å². The van der Waals surface area contributed by atoms with Crippen molar-refractivity contribution in [3.63, 3.8) is 0 Å². The number of likely N-dealkylation sites (N-methyl/N-ethyl adjacent to an activating group) is 1. The van der Waals surface area contributed by atoms with Crippen molar-refractivity contribution in [1.82, 2.24) is 20.0 Å². The van der Waals surface area contributed by atoms with Crippen molar-refractivity contribution in [2.45, 2.75) is 38.4 Å². The Morgan fingerprint density at radius 1 is 0.938 bits per heavy atom. The number of hydrogen-bond donors (Lipinski definition) is 1. The molecule has 0 bridgehead atoms. The van der Waals surface area contributed by atoms with Crippen LogP contribution < -0.4 is 5.32 Å². The van der Waals surface area contributed by atoms with E-state index in [1.807, 2.05) is 30.3 Å². The van der Waals surface area contributed by atoms with Crippen LogP contribution in [0.3, 0.4) is 0 Å². The van der Waals surface area contributed by atoms with Crippen LogP contribution in [0.25, 0.3) is 0 Å². The number of likely N-dealkylation sites (tertiary alicyclic amines) is 1. The molecule has 0 aromatic heterocycles. The fourth-order valence-electron chi connectivity index (χ4n) is 4.60. The molecule has 2 aliphatic rings. The van der Waals surface area contributed by atoms with Gasteiger partial charge >= 0.3 is 0 Å². The maximum Gasteiger partial charge on any atom is 0.247 e. The van der Waals surface area contributed by atoms with Crippen LogP contribution in [0.15, 0.2) is 54.6 Å². The van der Waals surface area contributed by atoms with Gasteiger partial charge in [-0.25, -0.2) is 0 Å². The third-order valence-corrected chi connectivity index (χ3v) is 6.50. The van der Waals surface area contributed by atoms with Crippen LogP contribution in [-0.4, -0.2) is 66.3 Å². The number of benzene rings is 2. The Hall–Kier alpha value is -2.70. The molecule has 170 valence electrons. The van der Waals surface area contributed by atoms with E-state index in [4.69, 9.17) is 0 Å². The van der Waals surface area contributed by atoms with E-state index >= 15 is 0 Å². The Balaban J connectivity index is 1.41. The van der Waals surface area contributed by atoms with Gasteiger partial charge in [-0.05, 0) is 36.6 Å². The van der Waals surface area contributed by atoms with Crippen molar-refractivity contribution < 1.29 is 9.59 Å². The van der Waals surface area contributed by atoms with Crippen LogP contribution in [0.5, 0.6) is 0 Å². The number of nitrogens with zero attached hydrogens (tertiary/aromatic N) is 3. The average molecular weight is 435 g/mol. The van der Waals surface area contributed by atoms with Gasteiger partial charge in [0.05, 0.1) is 0 Å². The zero-order valence-corrected chi connectivity index (χ0v) is 19.0. The molecule has 2 amide bonds. The van der Waals surface area contributed by atoms with E-state index in [-0.39, 0.29) is 11.8 Å². The molecule has 2 saturated heterocycles. The predicted octanol–water partition coefficient (Wildman–Crippen LogP) is 2.80. The molecule has 32 heavy (non-hydrogen) atoms. The third-order valence-electron chi connectivity index (χ3n) is 6.50. The van der Waals surface area contributed by atoms with Crippen molar-refractivity contribution in [1.29, 1.82) is 0 Å². The summed E-state index contributed by atoms with van der Waals surface area (Å²) in [6.07, 6.45) is 2.36. The lowest BCUT2D eigenvalue weighted by molar-refractivity contribution is -0.142. The van der Waals surface area contributed by atoms with Gasteiger partial charge < -0.3 is 15.1 Å². The first-order valence-corrected chi connectivity index (χ1v) is 11.7. The van der Waals surface area contributed by atoms with Crippen LogP contribution in [-0.2, 0) is 22.7 Å². The minimum atomic E-state index is -0.572. The molecule has 6 heteroatoms. The standard InChI is InChI=1S/C26H34N4O2/c1-28-14-16-29(17-15-28)20-22-9-7-8-21(18-22)19-27-26(32)25(23-10-3-2-4-11-23)30-13-6-5-12-24(30)31/h2-4,7-11,18,25H,5-6,12-17,19-20H2,1H3,(H,27,32). The van der Waals surface area contributed by atoms with Crippen molar-refractivity contribution in [3.05, 3.63) is 71.3 Å². The van der Waals surface area contributed by atoms with Crippen molar-refractivity contribution in [2.24, 2.45) is 0 Å². The van der Waals surface area contributed by atoms with E-state index in [0.717, 1.165) is 56.7 Å². The van der Waals surface area contributed by atoms with Crippen LogP contribution in [0, 0.1) is 0 Å². The SMILES string of the molecule is CN1CCN(Cc2cccc(CNC(=O)C(c3ccccc3)N3CCCCC3=O)c2)CC1. The Bertz CT molecular complexity index is 909. The normalized spacial score (nSPS) is 19.0. The highest BCUT2D eigenvalue weighted by Gasteiger charge is 2.32. The van der Waals surface area contributed by atoms with Crippen LogP contribution in [0.1, 0.15) is 42.0 Å². The highest BCUT2D eigenvalue weighted by molar-refractivity contribution is 5.89. The summed E-state index contributed by atoms with van der Waals surface area (Å²) >= 11 is 0. The van der Waals surface area contributed by atoms with Crippen LogP contribution >= 0.6 is 0 Å². The maximum atomic E-state index is 13.3. The molecule has 0 spiro atoms. The zero-order chi connectivity index (χ0) is 22.3. The number of piperidine rings is 1. The molecule has 6 nitrogen and oxygen atoms in total. The van der Waals surface area contributed by atoms with Gasteiger partial charge in [-0.3, -0.25) is 14.5 Å². The first-order valence-electron chi connectivity index (χ1n) is 11.7. The summed E-state index contributed by atoms with van der Waals surface area (Å²) in [5, 5.41) is 3.10. The van der Waals surface area contributed by atoms with Gasteiger partial charge in [0.25, 0.3) is 0 Å². The Labute approximate surface area is 191 Å². The molecule has 1 N–H and O–H groups in total. The Morgan fingerprint density at radius 3 is 2.44 bits per heavy atom. The van der Waals surface area contributed by atoms with Crippen molar-refractivity contribution in [2.75, 3.05) is 39.8 Å². The summed E-state index contributed by atoms with van der Waals surface area (Å²) in [6, 6.07) is 17.5. The number of carbonyl (C=O) groups is 2. The quantitative estimate of drug-likeness (QED) is 0.728. The first kappa shape index (κ1) is 22.5. The fourth-order valence-corrected chi connectivity index (χ4v) is 4.60. The molecule has 2 aromatic carbocycles. The van der Waals surface area contributed by atoms with Gasteiger partial charge in [-0.15, -0.1) is 0 Å². The molecule has 2 aliphatic heterocycles. The van der Waals surface area contributed by atoms with Crippen LogP contribution in [0.4, 0.5) is 0 Å². The van der Waals surface area contributed by atoms with E-state index < -0.39 is 6.04 Å². The maximum absolute atomic E-state index is 13.3. The van der Waals surface area contributed by atoms with E-state index in [2.05, 4.69) is 46.4 Å². The number of carbonyl (C=O) groups excluding carboxylic acids is 2. The highest BCUT2D eigenvalue weighted by Crippen LogP contribution is 2.26. The predicted molar refractivity (Wildman–Crippen MR) is 126 cm³/mol. The summed E-state index contributed by atoms with van der Waals surface area (Å²) in [5.41, 5.74) is 3.22. The monoisotopic (exact) mass is 434 g/mol. The molecule has 2 heterocycles. The molecular formula is C26H34N4O2. The molecule has 4 rings (SSSR count). The van der Waals surface area contributed by atoms with Crippen LogP contribution in [0.2, 0.25) is 0 Å². The number of rotatable bonds is 7. The van der Waals surface area contributed by atoms with Gasteiger partial charge in [0.1, 0.15) is 6.04 Å². The van der Waals surface area contributed by atoms with E-state index in [1.54, 1.807) is 4.90 Å². The second kappa shape index (κ2) is 10.7. The highest BCUT2D eigenvalue weighted by atomic mass is 16.2. The molecule has 1 unspecified atom stereocenters. The van der Waals surface area contributed by atoms with Gasteiger partial charge in [0.2, 0.25) is 11.8 Å². The van der Waals surface area contributed by atoms with E-state index in [9.17, 15) is 9.59 Å². The number of piperazine rings is 1. The van der Waals surface area contributed by atoms with Gasteiger partial charge in [0, 0.05) is 52.2 Å². The van der Waals surface area contributed by atoms with Gasteiger partial charge in [-0.2, -0.15) is 0 Å². The smallest absolute Gasteiger partial charge is 0.247 e. The van der Waals surface area contributed by atoms with Crippen molar-refractivity contribution in [3.8, 4) is 0 Å². The topological polar surface area (TPSA) is 55.9 Å². The second-order valence-corrected chi connectivity index (χ2v) is 8.97. The number of amides is 2. The summed E-state index contributed by atoms with van der Waals surface area (Å²) in [7, 11) is 2.17. The molecule has 0 aliphatic carbocycles. The molecule has 0 radical (unpaired) electrons. The summed E-state index contributed by atoms with van der Waals surface area (Å²) < 4.78 is 0. The van der Waals surface area contributed by atoms with E-state index in [1.165, 1.54) is 5.56 Å². The number of hydrogen-bond acceptors (Lipinski definition) is 4. The minimum absolute atomic E-state index is 0.0643. The lowest BCUT2D eigenvalue weighted by atomic mass is 10.0. The average Bonchev–Trinajstić information content (AvgIpc) is 2.82. The molecule has 0 saturated carbocycles. The Kier molecular flexibility index (Phi) is 7.55. The summed E-state index contributed by atoms with van der Waals surface area (Å²) in [4.78, 5) is 32.4. The second-order valence-electron chi connectivity index (χ2n) is 8.97. The fraction of sp³-hybridized carbons (Fsp3) is 0.462. The summed E-state index contributed by atoms with van der Waals surface area (Å²) in [6.45, 7) is 6.40. The summed E-state index contributed by atoms with van der Waals surface area (Å²) in [5.74, 6) is -0.0506. The van der Waals surface area contributed by atoms with Crippen molar-refractivity contribution >= 4 is 11.8 Å². The lowest BCUT2D eigenvalue weighted by Gasteiger charge is -2.34. The molecule has 2 fully saturated rings. The first-order chi connectivity index (χ1) is 15.6. The minimum Gasteiger partial charge on any atom is -0.350 e. The largest absolute Gasteiger partial charge is 0.350 e. The molecule has 2 aromatic rings. The molecule has 1 atom stereocenters. The molecular weight excluding hydrogens is 400 g/mol. The lowest BCUT2D eigenvalue weighted by Crippen LogP contribution is -2.45. The number of nitrogens with one attached hydrogen (secondary N) is 1. The van der Waals surface area contributed by atoms with Gasteiger partial charge in [0.15, 0.2) is 0 Å². The zero-order valence-electron chi connectivity index (χ0n) is 19.0.